The highest BCUT2D eigenvalue weighted by Crippen LogP contribution is 2.29. The number of benzene rings is 1. The fourth-order valence-electron chi connectivity index (χ4n) is 2.20. The van der Waals surface area contributed by atoms with Crippen molar-refractivity contribution in [1.29, 1.82) is 0 Å². The molecule has 0 aromatic heterocycles. The van der Waals surface area contributed by atoms with Gasteiger partial charge in [0, 0.05) is 6.54 Å². The van der Waals surface area contributed by atoms with E-state index in [1.165, 1.54) is 13.2 Å². The lowest BCUT2D eigenvalue weighted by Gasteiger charge is -2.26. The highest BCUT2D eigenvalue weighted by Gasteiger charge is 2.27. The first kappa shape index (κ1) is 21.2. The number of hydrogen-bond donors (Lipinski definition) is 1. The first-order valence-corrected chi connectivity index (χ1v) is 8.11. The zero-order chi connectivity index (χ0) is 19.2. The number of nitrogens with one attached hydrogen (secondary N) is 1. The van der Waals surface area contributed by atoms with Crippen LogP contribution in [0.2, 0.25) is 0 Å². The molecule has 0 spiro atoms. The lowest BCUT2D eigenvalue weighted by atomic mass is 10.0. The summed E-state index contributed by atoms with van der Waals surface area (Å²) in [7, 11) is 1.38. The number of carbonyl (C=O) groups excluding carboxylic acids is 1. The lowest BCUT2D eigenvalue weighted by molar-refractivity contribution is -0.158. The molecule has 5 nitrogen and oxygen atoms in total. The van der Waals surface area contributed by atoms with Crippen LogP contribution in [0.25, 0.3) is 0 Å². The molecule has 0 aliphatic carbocycles. The molecule has 1 aromatic carbocycles. The van der Waals surface area contributed by atoms with Crippen LogP contribution in [-0.2, 0) is 16.1 Å². The van der Waals surface area contributed by atoms with E-state index in [0.717, 1.165) is 0 Å². The van der Waals surface area contributed by atoms with Crippen LogP contribution < -0.4 is 14.8 Å². The highest BCUT2D eigenvalue weighted by molar-refractivity contribution is 5.76. The van der Waals surface area contributed by atoms with E-state index < -0.39 is 18.3 Å². The van der Waals surface area contributed by atoms with E-state index in [1.54, 1.807) is 32.9 Å². The molecule has 0 radical (unpaired) electrons. The fraction of sp³-hybridized carbons (Fsp3) is 0.611. The Morgan fingerprint density at radius 2 is 1.84 bits per heavy atom. The molecule has 1 rings (SSSR count). The summed E-state index contributed by atoms with van der Waals surface area (Å²) in [6.07, 6.45) is 0. The van der Waals surface area contributed by atoms with Gasteiger partial charge in [-0.3, -0.25) is 4.79 Å². The van der Waals surface area contributed by atoms with Crippen LogP contribution in [0.3, 0.4) is 0 Å². The third kappa shape index (κ3) is 7.25. The Balaban J connectivity index is 2.84. The second-order valence-corrected chi connectivity index (χ2v) is 7.00. The number of ether oxygens (including phenoxy) is 3. The Labute approximate surface area is 147 Å². The molecule has 0 aliphatic rings. The molecule has 0 fully saturated rings. The summed E-state index contributed by atoms with van der Waals surface area (Å²) in [4.78, 5) is 12.3. The molecule has 0 saturated heterocycles. The first-order valence-electron chi connectivity index (χ1n) is 8.11. The summed E-state index contributed by atoms with van der Waals surface area (Å²) in [6.45, 7) is 6.58. The molecule has 0 saturated carbocycles. The van der Waals surface area contributed by atoms with E-state index >= 15 is 0 Å². The van der Waals surface area contributed by atoms with E-state index in [-0.39, 0.29) is 23.4 Å². The third-order valence-electron chi connectivity index (χ3n) is 3.30. The van der Waals surface area contributed by atoms with Crippen molar-refractivity contribution in [2.24, 2.45) is 5.92 Å². The summed E-state index contributed by atoms with van der Waals surface area (Å²) in [6, 6.07) is 4.22. The molecule has 25 heavy (non-hydrogen) atoms. The molecule has 0 aliphatic heterocycles. The van der Waals surface area contributed by atoms with Crippen LogP contribution in [0.1, 0.15) is 40.2 Å². The monoisotopic (exact) mass is 359 g/mol. The number of carbonyl (C=O) groups is 1. The molecular formula is C18H27F2NO4. The Morgan fingerprint density at radius 1 is 1.20 bits per heavy atom. The highest BCUT2D eigenvalue weighted by atomic mass is 19.3. The van der Waals surface area contributed by atoms with Gasteiger partial charge in [-0.2, -0.15) is 8.78 Å². The van der Waals surface area contributed by atoms with E-state index in [0.29, 0.717) is 12.1 Å². The van der Waals surface area contributed by atoms with Crippen LogP contribution in [0.5, 0.6) is 11.5 Å². The Hall–Kier alpha value is -1.89. The van der Waals surface area contributed by atoms with Gasteiger partial charge < -0.3 is 19.5 Å². The van der Waals surface area contributed by atoms with Crippen molar-refractivity contribution in [3.63, 3.8) is 0 Å². The van der Waals surface area contributed by atoms with Gasteiger partial charge in [0.15, 0.2) is 11.5 Å². The van der Waals surface area contributed by atoms with E-state index in [2.05, 4.69) is 10.1 Å². The van der Waals surface area contributed by atoms with Gasteiger partial charge >= 0.3 is 12.6 Å². The second kappa shape index (κ2) is 8.99. The summed E-state index contributed by atoms with van der Waals surface area (Å²) < 4.78 is 39.9. The molecule has 1 N–H and O–H groups in total. The lowest BCUT2D eigenvalue weighted by Crippen LogP contribution is -2.44. The Kier molecular flexibility index (Phi) is 7.60. The molecule has 0 amide bonds. The number of halogens is 2. The van der Waals surface area contributed by atoms with Crippen molar-refractivity contribution >= 4 is 5.97 Å². The van der Waals surface area contributed by atoms with Crippen LogP contribution in [0, 0.1) is 5.92 Å². The average molecular weight is 359 g/mol. The van der Waals surface area contributed by atoms with Crippen LogP contribution in [0.4, 0.5) is 8.78 Å². The summed E-state index contributed by atoms with van der Waals surface area (Å²) in [5.41, 5.74) is 0.107. The molecule has 142 valence electrons. The van der Waals surface area contributed by atoms with Gasteiger partial charge in [0.1, 0.15) is 11.6 Å². The third-order valence-corrected chi connectivity index (χ3v) is 3.30. The van der Waals surface area contributed by atoms with Crippen molar-refractivity contribution in [1.82, 2.24) is 5.32 Å². The molecule has 0 bridgehead atoms. The van der Waals surface area contributed by atoms with Crippen LogP contribution in [0.15, 0.2) is 18.2 Å². The molecule has 0 unspecified atom stereocenters. The molecule has 1 aromatic rings. The SMILES string of the molecule is COc1ccc(CN[C@@H](C(=O)OC(C)(C)C)C(C)C)cc1OC(F)F. The van der Waals surface area contributed by atoms with E-state index in [1.807, 2.05) is 13.8 Å². The zero-order valence-corrected chi connectivity index (χ0v) is 15.6. The number of methoxy groups -OCH3 is 1. The van der Waals surface area contributed by atoms with Crippen molar-refractivity contribution in [3.05, 3.63) is 23.8 Å². The van der Waals surface area contributed by atoms with Gasteiger partial charge in [-0.25, -0.2) is 0 Å². The van der Waals surface area contributed by atoms with Gasteiger partial charge in [0.25, 0.3) is 0 Å². The predicted molar refractivity (Wildman–Crippen MR) is 90.9 cm³/mol. The van der Waals surface area contributed by atoms with Crippen LogP contribution in [-0.4, -0.2) is 31.3 Å². The summed E-state index contributed by atoms with van der Waals surface area (Å²) in [5.74, 6) is -0.170. The van der Waals surface area contributed by atoms with Crippen molar-refractivity contribution in [3.8, 4) is 11.5 Å². The van der Waals surface area contributed by atoms with Crippen LogP contribution >= 0.6 is 0 Å². The normalized spacial score (nSPS) is 13.0. The number of alkyl halides is 2. The molecular weight excluding hydrogens is 332 g/mol. The quantitative estimate of drug-likeness (QED) is 0.717. The minimum atomic E-state index is -2.94. The zero-order valence-electron chi connectivity index (χ0n) is 15.6. The minimum Gasteiger partial charge on any atom is -0.493 e. The Bertz CT molecular complexity index is 571. The summed E-state index contributed by atoms with van der Waals surface area (Å²) in [5, 5.41) is 3.12. The topological polar surface area (TPSA) is 56.8 Å². The van der Waals surface area contributed by atoms with Gasteiger partial charge in [-0.05, 0) is 44.4 Å². The van der Waals surface area contributed by atoms with Crippen molar-refractivity contribution < 1.29 is 27.8 Å². The minimum absolute atomic E-state index is 0.00452. The van der Waals surface area contributed by atoms with Gasteiger partial charge in [0.05, 0.1) is 7.11 Å². The Morgan fingerprint density at radius 3 is 2.32 bits per heavy atom. The average Bonchev–Trinajstić information content (AvgIpc) is 2.44. The van der Waals surface area contributed by atoms with Gasteiger partial charge in [-0.1, -0.05) is 19.9 Å². The van der Waals surface area contributed by atoms with E-state index in [9.17, 15) is 13.6 Å². The molecule has 1 atom stereocenters. The van der Waals surface area contributed by atoms with Gasteiger partial charge in [0.2, 0.25) is 0 Å². The van der Waals surface area contributed by atoms with E-state index in [4.69, 9.17) is 9.47 Å². The van der Waals surface area contributed by atoms with Crippen molar-refractivity contribution in [2.45, 2.75) is 59.4 Å². The standard InChI is InChI=1S/C18H27F2NO4/c1-11(2)15(16(22)25-18(3,4)5)21-10-12-7-8-13(23-6)14(9-12)24-17(19)20/h7-9,11,15,17,21H,10H2,1-6H3/t15-/m1/s1. The number of esters is 1. The maximum atomic E-state index is 12.5. The number of rotatable bonds is 8. The predicted octanol–water partition coefficient (Wildman–Crippen LogP) is 3.75. The second-order valence-electron chi connectivity index (χ2n) is 7.00. The smallest absolute Gasteiger partial charge is 0.387 e. The fourth-order valence-corrected chi connectivity index (χ4v) is 2.20. The first-order chi connectivity index (χ1) is 11.5. The largest absolute Gasteiger partial charge is 0.493 e. The summed E-state index contributed by atoms with van der Waals surface area (Å²) >= 11 is 0. The number of hydrogen-bond acceptors (Lipinski definition) is 5. The van der Waals surface area contributed by atoms with Gasteiger partial charge in [-0.15, -0.1) is 0 Å². The van der Waals surface area contributed by atoms with Crippen molar-refractivity contribution in [2.75, 3.05) is 7.11 Å². The maximum absolute atomic E-state index is 12.5. The molecule has 7 heteroatoms. The molecule has 0 heterocycles. The maximum Gasteiger partial charge on any atom is 0.387 e.